The van der Waals surface area contributed by atoms with Gasteiger partial charge in [-0.3, -0.25) is 33.3 Å². The molecule has 0 bridgehead atoms. The molecule has 0 radical (unpaired) electrons. The predicted octanol–water partition coefficient (Wildman–Crippen LogP) is 10.2. The predicted molar refractivity (Wildman–Crippen MR) is 280 cm³/mol. The van der Waals surface area contributed by atoms with E-state index in [1.165, 1.54) is 45.9 Å². The van der Waals surface area contributed by atoms with E-state index in [1.807, 2.05) is 0 Å². The third kappa shape index (κ3) is 13.3. The van der Waals surface area contributed by atoms with Gasteiger partial charge in [-0.15, -0.1) is 0 Å². The monoisotopic (exact) mass is 1250 g/mol. The summed E-state index contributed by atoms with van der Waals surface area (Å²) >= 11 is 3.49. The number of benzene rings is 3. The molecule has 4 N–H and O–H groups in total. The molecule has 6 aromatic rings. The highest BCUT2D eigenvalue weighted by Gasteiger charge is 2.68. The molecule has 0 aliphatic heterocycles. The summed E-state index contributed by atoms with van der Waals surface area (Å²) < 4.78 is 214. The van der Waals surface area contributed by atoms with Crippen molar-refractivity contribution in [3.05, 3.63) is 128 Å². The second-order valence-corrected chi connectivity index (χ2v) is 26.4. The van der Waals surface area contributed by atoms with E-state index in [0.29, 0.717) is 26.2 Å². The lowest BCUT2D eigenvalue weighted by atomic mass is 9.78. The van der Waals surface area contributed by atoms with Crippen molar-refractivity contribution in [3.8, 4) is 28.7 Å². The molecule has 8 rings (SSSR count). The molecule has 17 nitrogen and oxygen atoms in total. The Bertz CT molecular complexity index is 3890. The molecule has 83 heavy (non-hydrogen) atoms. The van der Waals surface area contributed by atoms with Gasteiger partial charge in [0.05, 0.1) is 34.5 Å². The van der Waals surface area contributed by atoms with Crippen molar-refractivity contribution < 1.29 is 89.5 Å². The van der Waals surface area contributed by atoms with E-state index in [1.54, 1.807) is 19.9 Å². The molecular formula is C52H49ClF10N7O10PS2. The van der Waals surface area contributed by atoms with Crippen molar-refractivity contribution in [2.24, 2.45) is 5.92 Å². The summed E-state index contributed by atoms with van der Waals surface area (Å²) in [5, 5.41) is 9.24. The maximum Gasteiger partial charge on any atom is 0.524 e. The Morgan fingerprint density at radius 1 is 0.976 bits per heavy atom. The number of carbonyl (C=O) groups excluding carboxylic acids is 2. The molecule has 1 saturated carbocycles. The Balaban J connectivity index is 1.30. The van der Waals surface area contributed by atoms with E-state index in [9.17, 15) is 76.2 Å². The summed E-state index contributed by atoms with van der Waals surface area (Å²) in [5.74, 6) is -6.55. The number of hydrogen-bond donors (Lipinski definition) is 4. The largest absolute Gasteiger partial charge is 0.524 e. The van der Waals surface area contributed by atoms with Crippen molar-refractivity contribution >= 4 is 63.2 Å². The standard InChI is InChI=1S/C52H49ClF10N7O10PS2/c1-25-14-26(2)43(38(15-25)80-81(73,74)75)48(3,4)21-40(72)70(82(76)77)22-37-42-35(53)11-10-32(45(42)69(66-37)24-50(56,57)58)31-9-8-30(12-13-49(5,6)83(7,78)79)64-44(31)36(18-27-16-28(54)19-29(55)17-27)65-39(71)23-68-47-41(46(67-68)52(61,62)63)33-20-34(33)51(47,59)60/h8-11,14-17,19,33-34,36H,18,20-24H2,1-7H3,(H,65,71)(H,76,77)(H2,73,74,75)/t33-,34+,36?/m0/s1. The van der Waals surface area contributed by atoms with Gasteiger partial charge in [-0.25, -0.2) is 35.3 Å². The maximum absolute atomic E-state index is 15.7. The molecule has 4 atom stereocenters. The van der Waals surface area contributed by atoms with Crippen LogP contribution in [0, 0.1) is 43.2 Å². The fourth-order valence-electron chi connectivity index (χ4n) is 10.4. The number of fused-ring (bicyclic) bond motifs is 4. The Kier molecular flexibility index (Phi) is 16.5. The van der Waals surface area contributed by atoms with Gasteiger partial charge in [0.2, 0.25) is 11.8 Å². The fourth-order valence-corrected chi connectivity index (χ4v) is 11.7. The van der Waals surface area contributed by atoms with E-state index < -0.39 is 165 Å². The van der Waals surface area contributed by atoms with Crippen LogP contribution in [0.2, 0.25) is 5.02 Å². The number of phosphoric ester groups is 1. The number of amides is 2. The van der Waals surface area contributed by atoms with Gasteiger partial charge in [-0.2, -0.15) is 45.3 Å². The fraction of sp³-hybridized carbons (Fsp3) is 0.404. The van der Waals surface area contributed by atoms with Gasteiger partial charge in [0.15, 0.2) is 15.5 Å². The average molecular weight is 1250 g/mol. The molecule has 3 heterocycles. The normalized spacial score (nSPS) is 16.9. The van der Waals surface area contributed by atoms with Gasteiger partial charge >= 0.3 is 20.2 Å². The number of aromatic nitrogens is 5. The van der Waals surface area contributed by atoms with Crippen LogP contribution in [0.15, 0.2) is 54.6 Å². The summed E-state index contributed by atoms with van der Waals surface area (Å²) in [6.45, 7) is 4.24. The van der Waals surface area contributed by atoms with Crippen LogP contribution in [-0.2, 0) is 78.8 Å². The van der Waals surface area contributed by atoms with E-state index in [4.69, 9.17) is 16.1 Å². The van der Waals surface area contributed by atoms with E-state index >= 15 is 8.78 Å². The van der Waals surface area contributed by atoms with Gasteiger partial charge in [0.1, 0.15) is 46.6 Å². The third-order valence-electron chi connectivity index (χ3n) is 14.1. The highest BCUT2D eigenvalue weighted by atomic mass is 35.5. The summed E-state index contributed by atoms with van der Waals surface area (Å²) in [6, 6.07) is 7.84. The highest BCUT2D eigenvalue weighted by Crippen LogP contribution is 2.68. The maximum atomic E-state index is 15.7. The van der Waals surface area contributed by atoms with Gasteiger partial charge in [-0.05, 0) is 105 Å². The quantitative estimate of drug-likeness (QED) is 0.0288. The first-order valence-electron chi connectivity index (χ1n) is 24.6. The number of rotatable bonds is 17. The summed E-state index contributed by atoms with van der Waals surface area (Å²) in [5.41, 5.74) is -6.69. The van der Waals surface area contributed by atoms with Crippen molar-refractivity contribution in [2.45, 2.75) is 121 Å². The molecule has 2 amide bonds. The number of nitrogens with zero attached hydrogens (tertiary/aromatic N) is 6. The number of aryl methyl sites for hydroxylation is 2. The molecule has 31 heteroatoms. The molecule has 2 aliphatic rings. The summed E-state index contributed by atoms with van der Waals surface area (Å²) in [4.78, 5) is 52.6. The number of alkyl halides is 8. The van der Waals surface area contributed by atoms with Crippen LogP contribution in [-0.4, -0.2) is 84.8 Å². The van der Waals surface area contributed by atoms with Crippen molar-refractivity contribution in [1.82, 2.24) is 34.2 Å². The lowest BCUT2D eigenvalue weighted by molar-refractivity contribution is -0.143. The average Bonchev–Trinajstić information content (AvgIpc) is 1.54. The number of halogens is 11. The number of carbonyl (C=O) groups is 2. The van der Waals surface area contributed by atoms with E-state index in [2.05, 4.69) is 32.3 Å². The summed E-state index contributed by atoms with van der Waals surface area (Å²) in [6.07, 6.45) is -11.2. The lowest BCUT2D eigenvalue weighted by Crippen LogP contribution is -2.37. The van der Waals surface area contributed by atoms with Crippen LogP contribution in [0.25, 0.3) is 22.0 Å². The van der Waals surface area contributed by atoms with E-state index in [0.717, 1.165) is 30.5 Å². The lowest BCUT2D eigenvalue weighted by Gasteiger charge is -2.30. The number of nitrogens with one attached hydrogen (secondary N) is 1. The Morgan fingerprint density at radius 3 is 2.20 bits per heavy atom. The van der Waals surface area contributed by atoms with Crippen molar-refractivity contribution in [2.75, 3.05) is 6.26 Å². The first-order chi connectivity index (χ1) is 38.1. The van der Waals surface area contributed by atoms with Crippen LogP contribution in [0.3, 0.4) is 0 Å². The zero-order valence-corrected chi connectivity index (χ0v) is 47.8. The number of hydrogen-bond acceptors (Lipinski definition) is 10. The molecule has 3 aromatic heterocycles. The minimum Gasteiger partial charge on any atom is -0.404 e. The number of phosphoric acid groups is 1. The third-order valence-corrected chi connectivity index (χ3v) is 17.5. The molecule has 2 unspecified atom stereocenters. The van der Waals surface area contributed by atoms with Crippen LogP contribution in [0.4, 0.5) is 43.9 Å². The molecule has 3 aromatic carbocycles. The molecule has 2 aliphatic carbocycles. The van der Waals surface area contributed by atoms with Gasteiger partial charge in [0, 0.05) is 57.7 Å². The second-order valence-electron chi connectivity index (χ2n) is 21.4. The zero-order valence-electron chi connectivity index (χ0n) is 44.5. The Hall–Kier alpha value is -6.41. The SMILES string of the molecule is Cc1cc(C)c(C(C)(C)CC(=O)N(Cc2nn(CC(F)(F)F)c3c(-c4ccc(C#CC(C)(C)S(C)(=O)=O)nc4C(Cc4cc(F)cc(F)c4)NC(=O)Cn4nc(C(F)(F)F)c5c4C(F)(F)[C@@H]4C[C@H]54)ccc(Cl)c23)S(=O)O)c(OP(=O)(O)O)c1. The van der Waals surface area contributed by atoms with E-state index in [-0.39, 0.29) is 55.2 Å². The van der Waals surface area contributed by atoms with Crippen molar-refractivity contribution in [1.29, 1.82) is 0 Å². The first-order valence-corrected chi connectivity index (χ1v) is 29.5. The van der Waals surface area contributed by atoms with Crippen LogP contribution in [0.1, 0.15) is 109 Å². The second kappa shape index (κ2) is 21.9. The molecule has 1 fully saturated rings. The Morgan fingerprint density at radius 2 is 1.61 bits per heavy atom. The van der Waals surface area contributed by atoms with Gasteiger partial charge in [-0.1, -0.05) is 43.5 Å². The van der Waals surface area contributed by atoms with Crippen LogP contribution in [0.5, 0.6) is 5.75 Å². The van der Waals surface area contributed by atoms with Crippen molar-refractivity contribution in [3.63, 3.8) is 0 Å². The minimum absolute atomic E-state index is 0.104. The van der Waals surface area contributed by atoms with Crippen LogP contribution < -0.4 is 9.84 Å². The number of pyridine rings is 1. The molecule has 446 valence electrons. The first kappa shape index (κ1) is 62.6. The molecule has 0 spiro atoms. The number of sulfone groups is 1. The minimum atomic E-state index is -5.24. The van der Waals surface area contributed by atoms with Crippen LogP contribution >= 0.6 is 19.4 Å². The zero-order chi connectivity index (χ0) is 61.6. The van der Waals surface area contributed by atoms with Gasteiger partial charge in [0.25, 0.3) is 17.2 Å². The summed E-state index contributed by atoms with van der Waals surface area (Å²) in [7, 11) is -9.13. The molecular weight excluding hydrogens is 1200 g/mol. The highest BCUT2D eigenvalue weighted by molar-refractivity contribution is 7.92. The smallest absolute Gasteiger partial charge is 0.404 e. The topological polar surface area (TPSA) is 236 Å². The molecule has 0 saturated heterocycles. The Labute approximate surface area is 474 Å². The van der Waals surface area contributed by atoms with Gasteiger partial charge < -0.3 is 9.84 Å².